The fraction of sp³-hybridized carbons (Fsp3) is 0.350. The van der Waals surface area contributed by atoms with Crippen LogP contribution in [0.2, 0.25) is 0 Å². The van der Waals surface area contributed by atoms with E-state index < -0.39 is 22.7 Å². The number of hydrogen-bond donors (Lipinski definition) is 2. The molecular formula is C20H19F3N4O3S2. The summed E-state index contributed by atoms with van der Waals surface area (Å²) in [5.41, 5.74) is 1.90. The highest BCUT2D eigenvalue weighted by Gasteiger charge is 2.30. The number of anilines is 1. The van der Waals surface area contributed by atoms with Gasteiger partial charge in [-0.05, 0) is 56.5 Å². The third kappa shape index (κ3) is 4.76. The number of thiophene rings is 1. The molecule has 2 aromatic heterocycles. The molecule has 12 heteroatoms. The molecule has 2 N–H and O–H groups in total. The average Bonchev–Trinajstić information content (AvgIpc) is 3.50. The van der Waals surface area contributed by atoms with Crippen LogP contribution in [-0.2, 0) is 10.0 Å². The van der Waals surface area contributed by atoms with Crippen LogP contribution < -0.4 is 10.0 Å². The van der Waals surface area contributed by atoms with Crippen molar-refractivity contribution in [2.24, 2.45) is 0 Å². The number of alkyl halides is 3. The van der Waals surface area contributed by atoms with Crippen molar-refractivity contribution in [1.29, 1.82) is 0 Å². The Morgan fingerprint density at radius 3 is 2.41 bits per heavy atom. The Hall–Kier alpha value is -2.57. The zero-order valence-corrected chi connectivity index (χ0v) is 18.7. The maximum Gasteiger partial charge on any atom is 0.402 e. The molecule has 0 atom stereocenters. The monoisotopic (exact) mass is 484 g/mol. The molecule has 0 unspecified atom stereocenters. The van der Waals surface area contributed by atoms with Crippen LogP contribution in [0.4, 0.5) is 18.9 Å². The van der Waals surface area contributed by atoms with Gasteiger partial charge in [-0.2, -0.15) is 13.2 Å². The third-order valence-electron chi connectivity index (χ3n) is 5.02. The average molecular weight is 485 g/mol. The van der Waals surface area contributed by atoms with Gasteiger partial charge in [0.2, 0.25) is 10.0 Å². The van der Waals surface area contributed by atoms with Crippen LogP contribution in [0, 0.1) is 13.8 Å². The Labute approximate surface area is 186 Å². The minimum atomic E-state index is -4.66. The number of nitrogens with zero attached hydrogens (tertiary/aromatic N) is 2. The van der Waals surface area contributed by atoms with Crippen molar-refractivity contribution in [3.63, 3.8) is 0 Å². The number of carbonyl (C=O) groups excluding carboxylic acids is 1. The van der Waals surface area contributed by atoms with Crippen molar-refractivity contribution in [3.8, 4) is 0 Å². The summed E-state index contributed by atoms with van der Waals surface area (Å²) in [5.74, 6) is 0.806. The Morgan fingerprint density at radius 2 is 1.81 bits per heavy atom. The van der Waals surface area contributed by atoms with Crippen LogP contribution in [0.1, 0.15) is 45.5 Å². The van der Waals surface area contributed by atoms with Gasteiger partial charge in [-0.1, -0.05) is 0 Å². The first-order valence-electron chi connectivity index (χ1n) is 9.70. The van der Waals surface area contributed by atoms with E-state index in [1.807, 2.05) is 13.8 Å². The number of carbonyl (C=O) groups is 1. The second-order valence-electron chi connectivity index (χ2n) is 7.60. The Kier molecular flexibility index (Phi) is 5.72. The maximum absolute atomic E-state index is 12.8. The Bertz CT molecular complexity index is 1300. The number of rotatable bonds is 6. The van der Waals surface area contributed by atoms with Gasteiger partial charge in [-0.15, -0.1) is 11.3 Å². The molecule has 1 fully saturated rings. The van der Waals surface area contributed by atoms with Crippen LogP contribution in [0.25, 0.3) is 10.2 Å². The summed E-state index contributed by atoms with van der Waals surface area (Å²) in [4.78, 5) is 22.9. The van der Waals surface area contributed by atoms with Crippen LogP contribution in [0.5, 0.6) is 0 Å². The molecule has 4 rings (SSSR count). The lowest BCUT2D eigenvalue weighted by atomic mass is 10.1. The van der Waals surface area contributed by atoms with Gasteiger partial charge in [0.05, 0.1) is 15.5 Å². The van der Waals surface area contributed by atoms with E-state index in [0.29, 0.717) is 16.5 Å². The first kappa shape index (κ1) is 22.6. The highest BCUT2D eigenvalue weighted by Crippen LogP contribution is 2.40. The normalized spacial score (nSPS) is 14.7. The summed E-state index contributed by atoms with van der Waals surface area (Å²) in [6.07, 6.45) is -2.52. The van der Waals surface area contributed by atoms with E-state index in [1.165, 1.54) is 28.2 Å². The van der Waals surface area contributed by atoms with E-state index in [-0.39, 0.29) is 10.8 Å². The second kappa shape index (κ2) is 8.09. The van der Waals surface area contributed by atoms with Crippen molar-refractivity contribution in [3.05, 3.63) is 46.2 Å². The van der Waals surface area contributed by atoms with Gasteiger partial charge in [0, 0.05) is 17.0 Å². The van der Waals surface area contributed by atoms with Crippen LogP contribution in [0.15, 0.2) is 29.2 Å². The molecule has 0 saturated heterocycles. The predicted molar refractivity (Wildman–Crippen MR) is 115 cm³/mol. The molecule has 1 saturated carbocycles. The molecule has 1 amide bonds. The largest absolute Gasteiger partial charge is 0.402 e. The molecule has 0 spiro atoms. The molecule has 0 bridgehead atoms. The smallest absolute Gasteiger partial charge is 0.321 e. The van der Waals surface area contributed by atoms with Gasteiger partial charge in [-0.3, -0.25) is 4.79 Å². The SMILES string of the molecule is Cc1nc(C2CC2)nc2sc(C(=O)Nc3ccc(S(=O)(=O)NCC(F)(F)F)cc3)c(C)c12. The van der Waals surface area contributed by atoms with Gasteiger partial charge >= 0.3 is 6.18 Å². The van der Waals surface area contributed by atoms with Gasteiger partial charge < -0.3 is 5.32 Å². The molecule has 170 valence electrons. The summed E-state index contributed by atoms with van der Waals surface area (Å²) in [5, 5.41) is 3.54. The molecule has 1 aromatic carbocycles. The number of amides is 1. The number of sulfonamides is 1. The minimum Gasteiger partial charge on any atom is -0.321 e. The predicted octanol–water partition coefficient (Wildman–Crippen LogP) is 4.28. The Morgan fingerprint density at radius 1 is 1.16 bits per heavy atom. The van der Waals surface area contributed by atoms with E-state index in [0.717, 1.165) is 52.3 Å². The van der Waals surface area contributed by atoms with E-state index in [2.05, 4.69) is 15.3 Å². The Balaban J connectivity index is 1.52. The van der Waals surface area contributed by atoms with E-state index >= 15 is 0 Å². The first-order chi connectivity index (χ1) is 14.9. The van der Waals surface area contributed by atoms with Crippen molar-refractivity contribution in [2.75, 3.05) is 11.9 Å². The number of nitrogens with one attached hydrogen (secondary N) is 2. The zero-order valence-electron chi connectivity index (χ0n) is 17.1. The number of hydrogen-bond acceptors (Lipinski definition) is 6. The molecule has 0 aliphatic heterocycles. The quantitative estimate of drug-likeness (QED) is 0.544. The van der Waals surface area contributed by atoms with Crippen LogP contribution in [-0.4, -0.2) is 37.0 Å². The minimum absolute atomic E-state index is 0.308. The molecule has 1 aliphatic rings. The summed E-state index contributed by atoms with van der Waals surface area (Å²) in [6, 6.07) is 4.89. The highest BCUT2D eigenvalue weighted by molar-refractivity contribution is 7.89. The molecule has 3 aromatic rings. The molecule has 1 aliphatic carbocycles. The topological polar surface area (TPSA) is 101 Å². The molecule has 7 nitrogen and oxygen atoms in total. The highest BCUT2D eigenvalue weighted by atomic mass is 32.2. The number of benzene rings is 1. The lowest BCUT2D eigenvalue weighted by molar-refractivity contribution is -0.121. The molecular weight excluding hydrogens is 465 g/mol. The van der Waals surface area contributed by atoms with Gasteiger partial charge in [0.25, 0.3) is 5.91 Å². The van der Waals surface area contributed by atoms with Crippen molar-refractivity contribution in [2.45, 2.75) is 43.7 Å². The van der Waals surface area contributed by atoms with Gasteiger partial charge in [0.1, 0.15) is 17.2 Å². The van der Waals surface area contributed by atoms with Crippen LogP contribution >= 0.6 is 11.3 Å². The number of halogens is 3. The van der Waals surface area contributed by atoms with Crippen molar-refractivity contribution in [1.82, 2.24) is 14.7 Å². The fourth-order valence-corrected chi connectivity index (χ4v) is 5.41. The molecule has 0 radical (unpaired) electrons. The van der Waals surface area contributed by atoms with E-state index in [4.69, 9.17) is 0 Å². The second-order valence-corrected chi connectivity index (χ2v) is 10.4. The summed E-state index contributed by atoms with van der Waals surface area (Å²) in [6.45, 7) is 2.05. The summed E-state index contributed by atoms with van der Waals surface area (Å²) < 4.78 is 62.3. The van der Waals surface area contributed by atoms with E-state index in [9.17, 15) is 26.4 Å². The molecule has 32 heavy (non-hydrogen) atoms. The number of aromatic nitrogens is 2. The lowest BCUT2D eigenvalue weighted by Crippen LogP contribution is -2.33. The van der Waals surface area contributed by atoms with Crippen LogP contribution in [0.3, 0.4) is 0 Å². The number of fused-ring (bicyclic) bond motifs is 1. The van der Waals surface area contributed by atoms with Gasteiger partial charge in [-0.25, -0.2) is 23.1 Å². The van der Waals surface area contributed by atoms with Crippen molar-refractivity contribution >= 4 is 43.2 Å². The maximum atomic E-state index is 12.8. The van der Waals surface area contributed by atoms with Crippen molar-refractivity contribution < 1.29 is 26.4 Å². The fourth-order valence-electron chi connectivity index (χ4n) is 3.27. The standard InChI is InChI=1S/C20H19F3N4O3S2/c1-10-15-11(2)25-17(12-3-4-12)27-19(15)31-16(10)18(28)26-13-5-7-14(8-6-13)32(29,30)24-9-20(21,22)23/h5-8,12,24H,3-4,9H2,1-2H3,(H,26,28). The third-order valence-corrected chi connectivity index (χ3v) is 7.62. The number of aryl methyl sites for hydroxylation is 2. The zero-order chi connectivity index (χ0) is 23.3. The summed E-state index contributed by atoms with van der Waals surface area (Å²) in [7, 11) is -4.32. The van der Waals surface area contributed by atoms with E-state index in [1.54, 1.807) is 0 Å². The van der Waals surface area contributed by atoms with Gasteiger partial charge in [0.15, 0.2) is 0 Å². The first-order valence-corrected chi connectivity index (χ1v) is 12.0. The lowest BCUT2D eigenvalue weighted by Gasteiger charge is -2.10. The molecule has 2 heterocycles. The summed E-state index contributed by atoms with van der Waals surface area (Å²) >= 11 is 1.27.